The Balaban J connectivity index is 1.85. The monoisotopic (exact) mass is 352 g/mol. The van der Waals surface area contributed by atoms with Crippen molar-refractivity contribution in [1.29, 1.82) is 0 Å². The summed E-state index contributed by atoms with van der Waals surface area (Å²) < 4.78 is 0. The van der Waals surface area contributed by atoms with Crippen molar-refractivity contribution >= 4 is 29.1 Å². The number of hydrogen-bond donors (Lipinski definition) is 3. The van der Waals surface area contributed by atoms with E-state index in [1.807, 2.05) is 32.8 Å². The summed E-state index contributed by atoms with van der Waals surface area (Å²) in [4.78, 5) is 38.2. The summed E-state index contributed by atoms with van der Waals surface area (Å²) in [6.45, 7) is 4.01. The smallest absolute Gasteiger partial charge is 0.261 e. The van der Waals surface area contributed by atoms with E-state index in [0.717, 1.165) is 11.3 Å². The van der Waals surface area contributed by atoms with Gasteiger partial charge < -0.3 is 16.4 Å². The van der Waals surface area contributed by atoms with E-state index in [1.54, 1.807) is 12.1 Å². The molecule has 1 aromatic rings. The van der Waals surface area contributed by atoms with Gasteiger partial charge in [-0.1, -0.05) is 13.8 Å². The molecule has 2 rings (SSSR count). The number of amides is 3. The third-order valence-corrected chi connectivity index (χ3v) is 5.06. The molecule has 1 fully saturated rings. The highest BCUT2D eigenvalue weighted by Gasteiger charge is 2.41. The van der Waals surface area contributed by atoms with E-state index in [-0.39, 0.29) is 35.9 Å². The van der Waals surface area contributed by atoms with Gasteiger partial charge in [0.2, 0.25) is 5.91 Å². The van der Waals surface area contributed by atoms with Crippen LogP contribution in [0.15, 0.2) is 12.1 Å². The third-order valence-electron chi connectivity index (χ3n) is 3.96. The number of likely N-dealkylation sites (N-methyl/N-ethyl adjacent to an activating group) is 1. The van der Waals surface area contributed by atoms with Crippen molar-refractivity contribution in [2.75, 3.05) is 14.1 Å². The first-order valence-electron chi connectivity index (χ1n) is 7.88. The van der Waals surface area contributed by atoms with Gasteiger partial charge in [0, 0.05) is 0 Å². The number of nitrogens with two attached hydrogens (primary N) is 1. The van der Waals surface area contributed by atoms with E-state index < -0.39 is 5.91 Å². The number of primary amides is 1. The predicted octanol–water partition coefficient (Wildman–Crippen LogP) is 0.420. The summed E-state index contributed by atoms with van der Waals surface area (Å²) in [5.74, 6) is -0.615. The van der Waals surface area contributed by atoms with Crippen LogP contribution in [0, 0.1) is 5.92 Å². The molecular formula is C16H24N4O3S. The van der Waals surface area contributed by atoms with E-state index in [9.17, 15) is 14.4 Å². The lowest BCUT2D eigenvalue weighted by Gasteiger charge is -2.26. The first kappa shape index (κ1) is 18.4. The quantitative estimate of drug-likeness (QED) is 0.661. The fourth-order valence-corrected chi connectivity index (χ4v) is 3.51. The number of nitrogens with zero attached hydrogens (tertiary/aromatic N) is 1. The Morgan fingerprint density at radius 2 is 1.75 bits per heavy atom. The Bertz CT molecular complexity index is 633. The molecule has 1 aromatic heterocycles. The highest BCUT2D eigenvalue weighted by Crippen LogP contribution is 2.24. The van der Waals surface area contributed by atoms with Crippen LogP contribution in [0.2, 0.25) is 0 Å². The van der Waals surface area contributed by atoms with Crippen molar-refractivity contribution in [2.45, 2.75) is 38.4 Å². The van der Waals surface area contributed by atoms with Crippen molar-refractivity contribution in [3.8, 4) is 0 Å². The normalized spacial score (nSPS) is 20.8. The van der Waals surface area contributed by atoms with Gasteiger partial charge in [0.05, 0.1) is 27.9 Å². The molecule has 1 heterocycles. The fourth-order valence-electron chi connectivity index (χ4n) is 2.75. The van der Waals surface area contributed by atoms with Gasteiger partial charge in [0.1, 0.15) is 0 Å². The van der Waals surface area contributed by atoms with Gasteiger partial charge in [-0.3, -0.25) is 19.3 Å². The first-order valence-corrected chi connectivity index (χ1v) is 8.69. The van der Waals surface area contributed by atoms with Crippen LogP contribution in [0.4, 0.5) is 0 Å². The maximum atomic E-state index is 12.3. The van der Waals surface area contributed by atoms with Crippen LogP contribution in [0.25, 0.3) is 0 Å². The number of carbonyl (C=O) groups excluding carboxylic acids is 3. The second kappa shape index (κ2) is 7.31. The van der Waals surface area contributed by atoms with Gasteiger partial charge in [-0.2, -0.15) is 0 Å². The summed E-state index contributed by atoms with van der Waals surface area (Å²) in [5, 5.41) is 5.85. The molecule has 1 unspecified atom stereocenters. The minimum atomic E-state index is -0.543. The van der Waals surface area contributed by atoms with Crippen molar-refractivity contribution in [1.82, 2.24) is 15.5 Å². The van der Waals surface area contributed by atoms with Crippen molar-refractivity contribution in [3.05, 3.63) is 21.9 Å². The van der Waals surface area contributed by atoms with Crippen LogP contribution in [0.3, 0.4) is 0 Å². The minimum absolute atomic E-state index is 0.0242. The summed E-state index contributed by atoms with van der Waals surface area (Å²) in [6, 6.07) is 2.81. The molecule has 132 valence electrons. The van der Waals surface area contributed by atoms with E-state index in [0.29, 0.717) is 16.2 Å². The standard InChI is InChI=1S/C16H24N4O3S/c1-8(2)13(20(3)4)16(23)19-10-7-9(10)18-15(22)12-6-5-11(24-12)14(17)21/h5-6,8-10,13H,7H2,1-4H3,(H2,17,21)(H,18,22)(H,19,23)/t9-,10-,13?/m1/s1. The molecule has 1 aliphatic rings. The molecule has 8 heteroatoms. The molecule has 24 heavy (non-hydrogen) atoms. The summed E-state index contributed by atoms with van der Waals surface area (Å²) in [7, 11) is 3.76. The molecule has 0 radical (unpaired) electrons. The van der Waals surface area contributed by atoms with Gasteiger partial charge in [0.25, 0.3) is 11.8 Å². The van der Waals surface area contributed by atoms with Crippen molar-refractivity contribution in [2.24, 2.45) is 11.7 Å². The Morgan fingerprint density at radius 3 is 2.25 bits per heavy atom. The topological polar surface area (TPSA) is 105 Å². The second-order valence-electron chi connectivity index (χ2n) is 6.61. The molecule has 1 saturated carbocycles. The molecule has 7 nitrogen and oxygen atoms in total. The maximum Gasteiger partial charge on any atom is 0.261 e. The lowest BCUT2D eigenvalue weighted by Crippen LogP contribution is -2.48. The minimum Gasteiger partial charge on any atom is -0.365 e. The van der Waals surface area contributed by atoms with E-state index in [4.69, 9.17) is 5.73 Å². The average molecular weight is 352 g/mol. The zero-order valence-corrected chi connectivity index (χ0v) is 15.1. The molecule has 4 N–H and O–H groups in total. The molecule has 0 spiro atoms. The van der Waals surface area contributed by atoms with Crippen LogP contribution in [-0.2, 0) is 4.79 Å². The molecule has 0 aliphatic heterocycles. The zero-order valence-electron chi connectivity index (χ0n) is 14.3. The summed E-state index contributed by atoms with van der Waals surface area (Å²) in [6.07, 6.45) is 0.712. The number of rotatable bonds is 7. The van der Waals surface area contributed by atoms with Crippen LogP contribution in [0.5, 0.6) is 0 Å². The highest BCUT2D eigenvalue weighted by atomic mass is 32.1. The van der Waals surface area contributed by atoms with Crippen molar-refractivity contribution < 1.29 is 14.4 Å². The number of carbonyl (C=O) groups is 3. The SMILES string of the molecule is CC(C)C(C(=O)N[C@@H]1C[C@H]1NC(=O)c1ccc(C(N)=O)s1)N(C)C. The molecule has 1 aliphatic carbocycles. The molecule has 3 atom stereocenters. The van der Waals surface area contributed by atoms with Crippen LogP contribution in [0.1, 0.15) is 39.6 Å². The molecule has 3 amide bonds. The molecule has 0 bridgehead atoms. The van der Waals surface area contributed by atoms with E-state index in [1.165, 1.54) is 0 Å². The second-order valence-corrected chi connectivity index (χ2v) is 7.70. The maximum absolute atomic E-state index is 12.3. The van der Waals surface area contributed by atoms with Crippen molar-refractivity contribution in [3.63, 3.8) is 0 Å². The largest absolute Gasteiger partial charge is 0.365 e. The van der Waals surface area contributed by atoms with Gasteiger partial charge in [-0.25, -0.2) is 0 Å². The van der Waals surface area contributed by atoms with Crippen LogP contribution < -0.4 is 16.4 Å². The lowest BCUT2D eigenvalue weighted by molar-refractivity contribution is -0.127. The predicted molar refractivity (Wildman–Crippen MR) is 93.0 cm³/mol. The molecular weight excluding hydrogens is 328 g/mol. The number of nitrogens with one attached hydrogen (secondary N) is 2. The third kappa shape index (κ3) is 4.33. The first-order chi connectivity index (χ1) is 11.2. The number of thiophene rings is 1. The number of hydrogen-bond acceptors (Lipinski definition) is 5. The van der Waals surface area contributed by atoms with Gasteiger partial charge >= 0.3 is 0 Å². The Morgan fingerprint density at radius 1 is 1.17 bits per heavy atom. The van der Waals surface area contributed by atoms with Gasteiger partial charge in [-0.15, -0.1) is 11.3 Å². The summed E-state index contributed by atoms with van der Waals surface area (Å²) >= 11 is 1.07. The van der Waals surface area contributed by atoms with Crippen LogP contribution >= 0.6 is 11.3 Å². The molecule has 0 saturated heterocycles. The molecule has 0 aromatic carbocycles. The lowest BCUT2D eigenvalue weighted by atomic mass is 10.0. The van der Waals surface area contributed by atoms with Gasteiger partial charge in [0.15, 0.2) is 0 Å². The van der Waals surface area contributed by atoms with Crippen LogP contribution in [-0.4, -0.2) is 54.8 Å². The Kier molecular flexibility index (Phi) is 5.61. The van der Waals surface area contributed by atoms with Gasteiger partial charge in [-0.05, 0) is 38.6 Å². The summed E-state index contributed by atoms with van der Waals surface area (Å²) in [5.41, 5.74) is 5.18. The average Bonchev–Trinajstić information content (AvgIpc) is 3.00. The Labute approximate surface area is 145 Å². The zero-order chi connectivity index (χ0) is 18.0. The Hall–Kier alpha value is -1.93. The highest BCUT2D eigenvalue weighted by molar-refractivity contribution is 7.15. The van der Waals surface area contributed by atoms with E-state index in [2.05, 4.69) is 10.6 Å². The fraction of sp³-hybridized carbons (Fsp3) is 0.562. The van der Waals surface area contributed by atoms with E-state index >= 15 is 0 Å².